The number of nitrogens with one attached hydrogen (secondary N) is 3. The number of thioether (sulfide) groups is 1. The maximum absolute atomic E-state index is 10.4. The average molecular weight is 243 g/mol. The molecule has 0 spiro atoms. The summed E-state index contributed by atoms with van der Waals surface area (Å²) in [6, 6.07) is 0.754. The summed E-state index contributed by atoms with van der Waals surface area (Å²) in [6.07, 6.45) is 3.03. The number of fused-ring (bicyclic) bond motifs is 1. The molecule has 5 nitrogen and oxygen atoms in total. The minimum atomic E-state index is -0.709. The quantitative estimate of drug-likeness (QED) is 0.532. The Balaban J connectivity index is 1.70. The molecule has 2 rings (SSSR count). The molecule has 16 heavy (non-hydrogen) atoms. The lowest BCUT2D eigenvalue weighted by Gasteiger charge is -2.16. The van der Waals surface area contributed by atoms with E-state index in [9.17, 15) is 4.79 Å². The number of guanidine groups is 1. The van der Waals surface area contributed by atoms with Crippen LogP contribution in [0, 0.1) is 5.41 Å². The van der Waals surface area contributed by atoms with Crippen LogP contribution in [0.15, 0.2) is 0 Å². The van der Waals surface area contributed by atoms with Gasteiger partial charge in [-0.2, -0.15) is 11.8 Å². The van der Waals surface area contributed by atoms with Crippen LogP contribution < -0.4 is 10.6 Å². The van der Waals surface area contributed by atoms with E-state index in [1.165, 1.54) is 0 Å². The smallest absolute Gasteiger partial charge is 0.303 e. The van der Waals surface area contributed by atoms with Crippen molar-refractivity contribution in [3.63, 3.8) is 0 Å². The molecule has 2 aliphatic heterocycles. The highest BCUT2D eigenvalue weighted by Crippen LogP contribution is 2.32. The largest absolute Gasteiger partial charge is 0.481 e. The van der Waals surface area contributed by atoms with E-state index in [1.54, 1.807) is 0 Å². The van der Waals surface area contributed by atoms with Crippen molar-refractivity contribution in [1.82, 2.24) is 10.6 Å². The number of hydrogen-bond donors (Lipinski definition) is 4. The minimum absolute atomic E-state index is 0.271. The highest BCUT2D eigenvalue weighted by atomic mass is 32.2. The second-order valence-electron chi connectivity index (χ2n) is 4.31. The van der Waals surface area contributed by atoms with Crippen LogP contribution >= 0.6 is 11.8 Å². The van der Waals surface area contributed by atoms with Gasteiger partial charge in [0.05, 0.1) is 12.1 Å². The van der Waals surface area contributed by atoms with Crippen molar-refractivity contribution in [3.8, 4) is 0 Å². The first-order chi connectivity index (χ1) is 7.66. The monoisotopic (exact) mass is 243 g/mol. The van der Waals surface area contributed by atoms with Crippen molar-refractivity contribution in [3.05, 3.63) is 0 Å². The molecule has 3 atom stereocenters. The van der Waals surface area contributed by atoms with Crippen molar-refractivity contribution in [2.75, 3.05) is 5.75 Å². The standard InChI is InChI=1S/C10H17N3O2S/c11-10-12-6-5-16-7(9(6)13-10)3-1-2-4-8(14)15/h6-7,9H,1-5H2,(H,14,15)(H3,11,12,13)/t6?,7-,9-/m0/s1. The van der Waals surface area contributed by atoms with Gasteiger partial charge in [-0.15, -0.1) is 0 Å². The normalized spacial score (nSPS) is 32.0. The third-order valence-electron chi connectivity index (χ3n) is 3.09. The van der Waals surface area contributed by atoms with E-state index in [-0.39, 0.29) is 6.42 Å². The maximum atomic E-state index is 10.4. The number of aliphatic carboxylic acids is 1. The lowest BCUT2D eigenvalue weighted by atomic mass is 10.0. The summed E-state index contributed by atoms with van der Waals surface area (Å²) in [5.41, 5.74) is 0. The third kappa shape index (κ3) is 2.61. The van der Waals surface area contributed by atoms with Gasteiger partial charge in [-0.05, 0) is 12.8 Å². The van der Waals surface area contributed by atoms with Gasteiger partial charge < -0.3 is 15.7 Å². The van der Waals surface area contributed by atoms with Crippen molar-refractivity contribution in [1.29, 1.82) is 5.41 Å². The number of carboxylic acids is 1. The fraction of sp³-hybridized carbons (Fsp3) is 0.800. The van der Waals surface area contributed by atoms with E-state index in [1.807, 2.05) is 11.8 Å². The molecule has 0 aromatic carbocycles. The van der Waals surface area contributed by atoms with Crippen molar-refractivity contribution in [2.24, 2.45) is 0 Å². The molecule has 0 bridgehead atoms. The van der Waals surface area contributed by atoms with Gasteiger partial charge in [-0.1, -0.05) is 6.42 Å². The molecular weight excluding hydrogens is 226 g/mol. The number of hydrogen-bond acceptors (Lipinski definition) is 3. The lowest BCUT2D eigenvalue weighted by Crippen LogP contribution is -2.36. The van der Waals surface area contributed by atoms with E-state index in [0.29, 0.717) is 23.3 Å². The Labute approximate surface area is 98.9 Å². The van der Waals surface area contributed by atoms with Crippen LogP contribution in [-0.2, 0) is 4.79 Å². The van der Waals surface area contributed by atoms with Gasteiger partial charge in [-0.25, -0.2) is 0 Å². The molecule has 0 amide bonds. The minimum Gasteiger partial charge on any atom is -0.481 e. The van der Waals surface area contributed by atoms with Crippen LogP contribution in [0.2, 0.25) is 0 Å². The van der Waals surface area contributed by atoms with E-state index < -0.39 is 5.97 Å². The molecule has 0 aromatic heterocycles. The zero-order chi connectivity index (χ0) is 11.5. The zero-order valence-electron chi connectivity index (χ0n) is 9.03. The Kier molecular flexibility index (Phi) is 3.58. The molecule has 90 valence electrons. The Hall–Kier alpha value is -0.910. The number of carboxylic acid groups (broad SMARTS) is 1. The van der Waals surface area contributed by atoms with Gasteiger partial charge in [0.2, 0.25) is 0 Å². The number of unbranched alkanes of at least 4 members (excludes halogenated alkanes) is 1. The van der Waals surface area contributed by atoms with E-state index >= 15 is 0 Å². The predicted octanol–water partition coefficient (Wildman–Crippen LogP) is 0.612. The Morgan fingerprint density at radius 2 is 2.31 bits per heavy atom. The molecule has 4 N–H and O–H groups in total. The highest BCUT2D eigenvalue weighted by molar-refractivity contribution is 8.00. The predicted molar refractivity (Wildman–Crippen MR) is 63.9 cm³/mol. The molecule has 1 unspecified atom stereocenters. The summed E-state index contributed by atoms with van der Waals surface area (Å²) in [4.78, 5) is 10.4. The molecular formula is C10H17N3O2S. The maximum Gasteiger partial charge on any atom is 0.303 e. The summed E-state index contributed by atoms with van der Waals surface area (Å²) >= 11 is 1.93. The fourth-order valence-corrected chi connectivity index (χ4v) is 3.84. The Morgan fingerprint density at radius 3 is 3.06 bits per heavy atom. The molecule has 2 aliphatic rings. The van der Waals surface area contributed by atoms with Crippen LogP contribution in [-0.4, -0.2) is 40.1 Å². The highest BCUT2D eigenvalue weighted by Gasteiger charge is 2.41. The van der Waals surface area contributed by atoms with Gasteiger partial charge in [0.15, 0.2) is 5.96 Å². The van der Waals surface area contributed by atoms with Crippen LogP contribution in [0.25, 0.3) is 0 Å². The van der Waals surface area contributed by atoms with Crippen LogP contribution in [0.1, 0.15) is 25.7 Å². The number of carbonyl (C=O) groups is 1. The molecule has 0 radical (unpaired) electrons. The van der Waals surface area contributed by atoms with Crippen molar-refractivity contribution in [2.45, 2.75) is 43.0 Å². The SMILES string of the molecule is N=C1NC2CS[C@@H](CCCCC(=O)O)[C@H]2N1. The lowest BCUT2D eigenvalue weighted by molar-refractivity contribution is -0.137. The second kappa shape index (κ2) is 4.95. The number of rotatable bonds is 5. The van der Waals surface area contributed by atoms with Crippen molar-refractivity contribution < 1.29 is 9.90 Å². The first kappa shape index (κ1) is 11.6. The summed E-state index contributed by atoms with van der Waals surface area (Å²) in [5.74, 6) is 0.772. The van der Waals surface area contributed by atoms with E-state index in [0.717, 1.165) is 25.0 Å². The van der Waals surface area contributed by atoms with Crippen LogP contribution in [0.3, 0.4) is 0 Å². The summed E-state index contributed by atoms with van der Waals surface area (Å²) in [6.45, 7) is 0. The first-order valence-corrected chi connectivity index (χ1v) is 6.66. The summed E-state index contributed by atoms with van der Waals surface area (Å²) in [7, 11) is 0. The molecule has 0 aliphatic carbocycles. The summed E-state index contributed by atoms with van der Waals surface area (Å²) in [5, 5.41) is 22.8. The van der Waals surface area contributed by atoms with Crippen molar-refractivity contribution >= 4 is 23.7 Å². The zero-order valence-corrected chi connectivity index (χ0v) is 9.85. The van der Waals surface area contributed by atoms with Gasteiger partial charge in [0.1, 0.15) is 0 Å². The molecule has 2 fully saturated rings. The second-order valence-corrected chi connectivity index (χ2v) is 5.58. The molecule has 0 aromatic rings. The van der Waals surface area contributed by atoms with Crippen LogP contribution in [0.4, 0.5) is 0 Å². The molecule has 2 saturated heterocycles. The first-order valence-electron chi connectivity index (χ1n) is 5.62. The van der Waals surface area contributed by atoms with E-state index in [2.05, 4.69) is 10.6 Å². The molecule has 2 heterocycles. The Bertz CT molecular complexity index is 298. The molecule has 6 heteroatoms. The average Bonchev–Trinajstić information content (AvgIpc) is 2.72. The Morgan fingerprint density at radius 1 is 1.50 bits per heavy atom. The van der Waals surface area contributed by atoms with Gasteiger partial charge >= 0.3 is 5.97 Å². The van der Waals surface area contributed by atoms with Gasteiger partial charge in [0.25, 0.3) is 0 Å². The third-order valence-corrected chi connectivity index (χ3v) is 4.60. The summed E-state index contributed by atoms with van der Waals surface area (Å²) < 4.78 is 0. The van der Waals surface area contributed by atoms with Gasteiger partial charge in [-0.3, -0.25) is 10.2 Å². The fourth-order valence-electron chi connectivity index (χ4n) is 2.30. The van der Waals surface area contributed by atoms with E-state index in [4.69, 9.17) is 10.5 Å². The topological polar surface area (TPSA) is 85.2 Å². The van der Waals surface area contributed by atoms with Gasteiger partial charge in [0, 0.05) is 17.4 Å². The van der Waals surface area contributed by atoms with Crippen LogP contribution in [0.5, 0.6) is 0 Å². The molecule has 0 saturated carbocycles.